The first-order chi connectivity index (χ1) is 6.76. The monoisotopic (exact) mass is 199 g/mol. The van der Waals surface area contributed by atoms with E-state index in [1.807, 2.05) is 0 Å². The molecule has 1 unspecified atom stereocenters. The van der Waals surface area contributed by atoms with Crippen LogP contribution in [0.15, 0.2) is 0 Å². The number of rotatable bonds is 2. The molecule has 2 saturated heterocycles. The normalized spacial score (nSPS) is 34.6. The summed E-state index contributed by atoms with van der Waals surface area (Å²) in [4.78, 5) is 13.4. The molecule has 0 amide bonds. The number of likely N-dealkylation sites (tertiary alicyclic amines) is 1. The van der Waals surface area contributed by atoms with Gasteiger partial charge in [0.25, 0.3) is 0 Å². The van der Waals surface area contributed by atoms with Crippen molar-refractivity contribution in [2.45, 2.75) is 31.2 Å². The molecule has 14 heavy (non-hydrogen) atoms. The number of aliphatic carboxylic acids is 1. The summed E-state index contributed by atoms with van der Waals surface area (Å²) in [5.74, 6) is -0.709. The Morgan fingerprint density at radius 3 is 2.50 bits per heavy atom. The van der Waals surface area contributed by atoms with Crippen LogP contribution in [0.1, 0.15) is 25.7 Å². The first kappa shape index (κ1) is 9.93. The Balaban J connectivity index is 2.15. The van der Waals surface area contributed by atoms with E-state index < -0.39 is 11.5 Å². The third kappa shape index (κ3) is 1.53. The highest BCUT2D eigenvalue weighted by Gasteiger charge is 2.46. The zero-order valence-corrected chi connectivity index (χ0v) is 8.37. The minimum Gasteiger partial charge on any atom is -0.480 e. The van der Waals surface area contributed by atoms with Gasteiger partial charge < -0.3 is 9.84 Å². The van der Waals surface area contributed by atoms with Crippen LogP contribution in [0.25, 0.3) is 0 Å². The Morgan fingerprint density at radius 2 is 2.00 bits per heavy atom. The number of hydrogen-bond acceptors (Lipinski definition) is 3. The highest BCUT2D eigenvalue weighted by Crippen LogP contribution is 2.29. The van der Waals surface area contributed by atoms with Gasteiger partial charge in [-0.1, -0.05) is 0 Å². The lowest BCUT2D eigenvalue weighted by Gasteiger charge is -2.40. The van der Waals surface area contributed by atoms with Crippen LogP contribution in [0, 0.1) is 0 Å². The fourth-order valence-corrected chi connectivity index (χ4v) is 2.48. The van der Waals surface area contributed by atoms with Crippen LogP contribution < -0.4 is 0 Å². The van der Waals surface area contributed by atoms with Crippen LogP contribution in [-0.2, 0) is 9.53 Å². The third-order valence-electron chi connectivity index (χ3n) is 3.33. The zero-order valence-electron chi connectivity index (χ0n) is 8.37. The number of carboxylic acids is 1. The van der Waals surface area contributed by atoms with Crippen LogP contribution in [0.3, 0.4) is 0 Å². The van der Waals surface area contributed by atoms with E-state index in [1.54, 1.807) is 0 Å². The summed E-state index contributed by atoms with van der Waals surface area (Å²) in [6, 6.07) is 0. The van der Waals surface area contributed by atoms with Gasteiger partial charge in [-0.2, -0.15) is 0 Å². The summed E-state index contributed by atoms with van der Waals surface area (Å²) >= 11 is 0. The molecule has 0 aromatic carbocycles. The second-order valence-corrected chi connectivity index (χ2v) is 4.19. The molecule has 0 radical (unpaired) electrons. The number of carbonyl (C=O) groups is 1. The minimum absolute atomic E-state index is 0.363. The van der Waals surface area contributed by atoms with Crippen LogP contribution in [-0.4, -0.2) is 47.8 Å². The topological polar surface area (TPSA) is 49.8 Å². The van der Waals surface area contributed by atoms with Crippen molar-refractivity contribution in [2.24, 2.45) is 0 Å². The smallest absolute Gasteiger partial charge is 0.326 e. The molecule has 0 saturated carbocycles. The molecule has 0 aliphatic carbocycles. The Bertz CT molecular complexity index is 217. The summed E-state index contributed by atoms with van der Waals surface area (Å²) in [5, 5.41) is 9.33. The van der Waals surface area contributed by atoms with Crippen molar-refractivity contribution >= 4 is 5.97 Å². The Labute approximate surface area is 83.8 Å². The van der Waals surface area contributed by atoms with Gasteiger partial charge in [0, 0.05) is 6.61 Å². The molecule has 4 nitrogen and oxygen atoms in total. The summed E-state index contributed by atoms with van der Waals surface area (Å²) in [6.45, 7) is 2.90. The highest BCUT2D eigenvalue weighted by molar-refractivity contribution is 5.79. The quantitative estimate of drug-likeness (QED) is 0.711. The molecule has 1 N–H and O–H groups in total. The average Bonchev–Trinajstić information content (AvgIpc) is 2.72. The molecule has 0 spiro atoms. The molecule has 0 aromatic heterocycles. The molecular weight excluding hydrogens is 182 g/mol. The summed E-state index contributed by atoms with van der Waals surface area (Å²) in [5.41, 5.74) is -0.714. The Morgan fingerprint density at radius 1 is 1.29 bits per heavy atom. The standard InChI is InChI=1S/C10H17NO3/c12-9(13)10(4-3-7-14-8-10)11-5-1-2-6-11/h1-8H2,(H,12,13). The van der Waals surface area contributed by atoms with Gasteiger partial charge >= 0.3 is 5.97 Å². The second-order valence-electron chi connectivity index (χ2n) is 4.19. The molecule has 2 rings (SSSR count). The van der Waals surface area contributed by atoms with E-state index >= 15 is 0 Å². The largest absolute Gasteiger partial charge is 0.480 e. The first-order valence-corrected chi connectivity index (χ1v) is 5.32. The Kier molecular flexibility index (Phi) is 2.74. The minimum atomic E-state index is -0.714. The van der Waals surface area contributed by atoms with Gasteiger partial charge in [0.1, 0.15) is 5.54 Å². The van der Waals surface area contributed by atoms with Crippen LogP contribution in [0.4, 0.5) is 0 Å². The lowest BCUT2D eigenvalue weighted by atomic mass is 9.91. The molecule has 0 bridgehead atoms. The number of hydrogen-bond donors (Lipinski definition) is 1. The van der Waals surface area contributed by atoms with Crippen LogP contribution in [0.5, 0.6) is 0 Å². The van der Waals surface area contributed by atoms with Crippen molar-refractivity contribution in [1.29, 1.82) is 0 Å². The highest BCUT2D eigenvalue weighted by atomic mass is 16.5. The number of nitrogens with zero attached hydrogens (tertiary/aromatic N) is 1. The maximum atomic E-state index is 11.3. The van der Waals surface area contributed by atoms with E-state index in [1.165, 1.54) is 0 Å². The molecule has 80 valence electrons. The van der Waals surface area contributed by atoms with E-state index in [4.69, 9.17) is 4.74 Å². The van der Waals surface area contributed by atoms with E-state index in [0.29, 0.717) is 13.2 Å². The van der Waals surface area contributed by atoms with Crippen LogP contribution >= 0.6 is 0 Å². The molecule has 2 heterocycles. The summed E-state index contributed by atoms with van der Waals surface area (Å²) in [7, 11) is 0. The van der Waals surface area contributed by atoms with Crippen molar-refractivity contribution in [3.8, 4) is 0 Å². The van der Waals surface area contributed by atoms with Crippen molar-refractivity contribution in [1.82, 2.24) is 4.90 Å². The van der Waals surface area contributed by atoms with E-state index in [-0.39, 0.29) is 0 Å². The lowest BCUT2D eigenvalue weighted by molar-refractivity contribution is -0.160. The van der Waals surface area contributed by atoms with Crippen molar-refractivity contribution in [3.05, 3.63) is 0 Å². The second kappa shape index (κ2) is 3.87. The van der Waals surface area contributed by atoms with E-state index in [0.717, 1.165) is 38.8 Å². The maximum absolute atomic E-state index is 11.3. The van der Waals surface area contributed by atoms with Gasteiger partial charge in [0.05, 0.1) is 6.61 Å². The van der Waals surface area contributed by atoms with Gasteiger partial charge in [0.15, 0.2) is 0 Å². The molecular formula is C10H17NO3. The summed E-state index contributed by atoms with van der Waals surface area (Å²) < 4.78 is 5.34. The SMILES string of the molecule is O=C(O)C1(N2CCCC2)CCCOC1. The van der Waals surface area contributed by atoms with Crippen molar-refractivity contribution < 1.29 is 14.6 Å². The molecule has 2 aliphatic rings. The maximum Gasteiger partial charge on any atom is 0.326 e. The predicted molar refractivity (Wildman–Crippen MR) is 51.2 cm³/mol. The van der Waals surface area contributed by atoms with Crippen LogP contribution in [0.2, 0.25) is 0 Å². The lowest BCUT2D eigenvalue weighted by Crippen LogP contribution is -2.58. The molecule has 0 aromatic rings. The van der Waals surface area contributed by atoms with E-state index in [2.05, 4.69) is 4.90 Å². The fourth-order valence-electron chi connectivity index (χ4n) is 2.48. The van der Waals surface area contributed by atoms with Gasteiger partial charge in [-0.05, 0) is 38.8 Å². The third-order valence-corrected chi connectivity index (χ3v) is 3.33. The number of ether oxygens (including phenoxy) is 1. The Hall–Kier alpha value is -0.610. The van der Waals surface area contributed by atoms with Crippen molar-refractivity contribution in [3.63, 3.8) is 0 Å². The number of carboxylic acid groups (broad SMARTS) is 1. The fraction of sp³-hybridized carbons (Fsp3) is 0.900. The molecule has 1 atom stereocenters. The van der Waals surface area contributed by atoms with Crippen molar-refractivity contribution in [2.75, 3.05) is 26.3 Å². The molecule has 2 aliphatic heterocycles. The molecule has 2 fully saturated rings. The van der Waals surface area contributed by atoms with E-state index in [9.17, 15) is 9.90 Å². The van der Waals surface area contributed by atoms with Gasteiger partial charge in [-0.25, -0.2) is 0 Å². The predicted octanol–water partition coefficient (Wildman–Crippen LogP) is 0.716. The van der Waals surface area contributed by atoms with Gasteiger partial charge in [-0.15, -0.1) is 0 Å². The summed E-state index contributed by atoms with van der Waals surface area (Å²) in [6.07, 6.45) is 3.84. The zero-order chi connectivity index (χ0) is 10.0. The van der Waals surface area contributed by atoms with Gasteiger partial charge in [0.2, 0.25) is 0 Å². The average molecular weight is 199 g/mol. The molecule has 4 heteroatoms. The first-order valence-electron chi connectivity index (χ1n) is 5.32. The van der Waals surface area contributed by atoms with Gasteiger partial charge in [-0.3, -0.25) is 9.69 Å².